The van der Waals surface area contributed by atoms with Crippen molar-refractivity contribution in [2.75, 3.05) is 6.61 Å². The molecule has 0 aliphatic heterocycles. The number of rotatable bonds is 5. The summed E-state index contributed by atoms with van der Waals surface area (Å²) in [5.41, 5.74) is 0.689. The van der Waals surface area contributed by atoms with Gasteiger partial charge in [0.2, 0.25) is 0 Å². The Labute approximate surface area is 97.4 Å². The molecule has 0 fully saturated rings. The SMILES string of the molecule is CCc1noc(C)c1C(=O)N[C@@H](CO)C(=O)O. The number of carboxylic acid groups (broad SMARTS) is 1. The van der Waals surface area contributed by atoms with Crippen LogP contribution >= 0.6 is 0 Å². The maximum absolute atomic E-state index is 11.8. The molecule has 1 rings (SSSR count). The second-order valence-electron chi connectivity index (χ2n) is 3.46. The van der Waals surface area contributed by atoms with Crippen molar-refractivity contribution in [2.24, 2.45) is 0 Å². The van der Waals surface area contributed by atoms with Crippen molar-refractivity contribution in [3.05, 3.63) is 17.0 Å². The number of aliphatic carboxylic acids is 1. The molecule has 0 spiro atoms. The van der Waals surface area contributed by atoms with E-state index < -0.39 is 24.5 Å². The molecule has 0 unspecified atom stereocenters. The van der Waals surface area contributed by atoms with Gasteiger partial charge < -0.3 is 20.1 Å². The molecule has 17 heavy (non-hydrogen) atoms. The predicted molar refractivity (Wildman–Crippen MR) is 56.6 cm³/mol. The number of hydrogen-bond acceptors (Lipinski definition) is 5. The van der Waals surface area contributed by atoms with Crippen LogP contribution in [-0.4, -0.2) is 39.9 Å². The van der Waals surface area contributed by atoms with Gasteiger partial charge >= 0.3 is 5.97 Å². The van der Waals surface area contributed by atoms with Crippen molar-refractivity contribution in [3.8, 4) is 0 Å². The van der Waals surface area contributed by atoms with E-state index in [2.05, 4.69) is 10.5 Å². The quantitative estimate of drug-likeness (QED) is 0.654. The Balaban J connectivity index is 2.89. The highest BCUT2D eigenvalue weighted by Crippen LogP contribution is 2.13. The Kier molecular flexibility index (Phi) is 4.22. The number of carbonyl (C=O) groups is 2. The average Bonchev–Trinajstić information content (AvgIpc) is 2.66. The number of carboxylic acids is 1. The van der Waals surface area contributed by atoms with Gasteiger partial charge in [0, 0.05) is 0 Å². The van der Waals surface area contributed by atoms with Gasteiger partial charge in [0.25, 0.3) is 5.91 Å². The van der Waals surface area contributed by atoms with Crippen molar-refractivity contribution in [1.29, 1.82) is 0 Å². The minimum atomic E-state index is -1.33. The molecule has 0 aliphatic carbocycles. The highest BCUT2D eigenvalue weighted by Gasteiger charge is 2.24. The number of nitrogens with zero attached hydrogens (tertiary/aromatic N) is 1. The van der Waals surface area contributed by atoms with E-state index in [1.165, 1.54) is 0 Å². The molecule has 1 aromatic rings. The lowest BCUT2D eigenvalue weighted by atomic mass is 10.1. The van der Waals surface area contributed by atoms with E-state index in [-0.39, 0.29) is 5.56 Å². The molecule has 1 atom stereocenters. The molecular formula is C10H14N2O5. The summed E-state index contributed by atoms with van der Waals surface area (Å²) in [4.78, 5) is 22.5. The standard InChI is InChI=1S/C10H14N2O5/c1-3-6-8(5(2)17-12-6)9(14)11-7(4-13)10(15)16/h7,13H,3-4H2,1-2H3,(H,11,14)(H,15,16)/t7-/m0/s1. The lowest BCUT2D eigenvalue weighted by molar-refractivity contribution is -0.140. The zero-order chi connectivity index (χ0) is 13.0. The van der Waals surface area contributed by atoms with Crippen LogP contribution in [0.15, 0.2) is 4.52 Å². The number of aliphatic hydroxyl groups excluding tert-OH is 1. The predicted octanol–water partition coefficient (Wildman–Crippen LogP) is -0.279. The maximum Gasteiger partial charge on any atom is 0.328 e. The molecular weight excluding hydrogens is 228 g/mol. The van der Waals surface area contributed by atoms with E-state index in [4.69, 9.17) is 14.7 Å². The molecule has 1 aromatic heterocycles. The van der Waals surface area contributed by atoms with Gasteiger partial charge in [-0.15, -0.1) is 0 Å². The zero-order valence-electron chi connectivity index (χ0n) is 9.56. The third kappa shape index (κ3) is 2.82. The molecule has 3 N–H and O–H groups in total. The first-order valence-corrected chi connectivity index (χ1v) is 5.10. The molecule has 0 aliphatic rings. The number of aliphatic hydroxyl groups is 1. The van der Waals surface area contributed by atoms with Crippen LogP contribution in [-0.2, 0) is 11.2 Å². The van der Waals surface area contributed by atoms with Gasteiger partial charge in [0.05, 0.1) is 12.3 Å². The Morgan fingerprint density at radius 2 is 2.18 bits per heavy atom. The number of aryl methyl sites for hydroxylation is 2. The van der Waals surface area contributed by atoms with Crippen LogP contribution < -0.4 is 5.32 Å². The third-order valence-corrected chi connectivity index (χ3v) is 2.28. The fraction of sp³-hybridized carbons (Fsp3) is 0.500. The van der Waals surface area contributed by atoms with Crippen LogP contribution in [0.5, 0.6) is 0 Å². The highest BCUT2D eigenvalue weighted by molar-refractivity contribution is 5.98. The third-order valence-electron chi connectivity index (χ3n) is 2.28. The van der Waals surface area contributed by atoms with Crippen LogP contribution in [0.4, 0.5) is 0 Å². The Morgan fingerprint density at radius 3 is 2.65 bits per heavy atom. The lowest BCUT2D eigenvalue weighted by Gasteiger charge is -2.11. The van der Waals surface area contributed by atoms with E-state index >= 15 is 0 Å². The van der Waals surface area contributed by atoms with Gasteiger partial charge in [-0.1, -0.05) is 12.1 Å². The summed E-state index contributed by atoms with van der Waals surface area (Å²) in [6.07, 6.45) is 0.497. The molecule has 0 radical (unpaired) electrons. The fourth-order valence-electron chi connectivity index (χ4n) is 1.37. The Morgan fingerprint density at radius 1 is 1.53 bits per heavy atom. The zero-order valence-corrected chi connectivity index (χ0v) is 9.56. The molecule has 7 heteroatoms. The van der Waals surface area contributed by atoms with Crippen molar-refractivity contribution >= 4 is 11.9 Å². The van der Waals surface area contributed by atoms with Gasteiger partial charge in [-0.05, 0) is 13.3 Å². The van der Waals surface area contributed by atoms with Gasteiger partial charge in [-0.25, -0.2) is 4.79 Å². The Bertz CT molecular complexity index is 426. The molecule has 0 bridgehead atoms. The number of nitrogens with one attached hydrogen (secondary N) is 1. The van der Waals surface area contributed by atoms with Crippen LogP contribution in [0.3, 0.4) is 0 Å². The summed E-state index contributed by atoms with van der Waals surface area (Å²) in [5.74, 6) is -1.59. The van der Waals surface area contributed by atoms with Crippen LogP contribution in [0.25, 0.3) is 0 Å². The summed E-state index contributed by atoms with van der Waals surface area (Å²) in [6.45, 7) is 2.69. The average molecular weight is 242 g/mol. The normalized spacial score (nSPS) is 12.2. The largest absolute Gasteiger partial charge is 0.480 e. The van der Waals surface area contributed by atoms with Gasteiger partial charge in [-0.3, -0.25) is 4.79 Å². The first-order valence-electron chi connectivity index (χ1n) is 5.10. The smallest absolute Gasteiger partial charge is 0.328 e. The number of hydrogen-bond donors (Lipinski definition) is 3. The second-order valence-corrected chi connectivity index (χ2v) is 3.46. The van der Waals surface area contributed by atoms with Gasteiger partial charge in [-0.2, -0.15) is 0 Å². The monoisotopic (exact) mass is 242 g/mol. The number of amides is 1. The van der Waals surface area contributed by atoms with Crippen molar-refractivity contribution in [3.63, 3.8) is 0 Å². The maximum atomic E-state index is 11.8. The summed E-state index contributed by atoms with van der Waals surface area (Å²) in [6, 6.07) is -1.33. The van der Waals surface area contributed by atoms with Crippen LogP contribution in [0.1, 0.15) is 28.7 Å². The van der Waals surface area contributed by atoms with E-state index in [0.29, 0.717) is 17.9 Å². The molecule has 1 heterocycles. The summed E-state index contributed by atoms with van der Waals surface area (Å²) >= 11 is 0. The first kappa shape index (κ1) is 13.2. The van der Waals surface area contributed by atoms with Crippen molar-refractivity contribution in [1.82, 2.24) is 10.5 Å². The molecule has 94 valence electrons. The van der Waals surface area contributed by atoms with Crippen LogP contribution in [0, 0.1) is 6.92 Å². The minimum absolute atomic E-state index is 0.229. The Hall–Kier alpha value is -1.89. The minimum Gasteiger partial charge on any atom is -0.480 e. The highest BCUT2D eigenvalue weighted by atomic mass is 16.5. The van der Waals surface area contributed by atoms with Crippen molar-refractivity contribution < 1.29 is 24.3 Å². The molecule has 0 saturated carbocycles. The second kappa shape index (κ2) is 5.44. The lowest BCUT2D eigenvalue weighted by Crippen LogP contribution is -2.43. The number of aromatic nitrogens is 1. The molecule has 0 aromatic carbocycles. The van der Waals surface area contributed by atoms with Crippen molar-refractivity contribution in [2.45, 2.75) is 26.3 Å². The molecule has 7 nitrogen and oxygen atoms in total. The summed E-state index contributed by atoms with van der Waals surface area (Å²) in [7, 11) is 0. The number of carbonyl (C=O) groups excluding carboxylic acids is 1. The topological polar surface area (TPSA) is 113 Å². The molecule has 1 amide bonds. The summed E-state index contributed by atoms with van der Waals surface area (Å²) < 4.78 is 4.86. The first-order chi connectivity index (χ1) is 8.01. The van der Waals surface area contributed by atoms with E-state index in [9.17, 15) is 9.59 Å². The van der Waals surface area contributed by atoms with E-state index in [0.717, 1.165) is 0 Å². The van der Waals surface area contributed by atoms with Crippen LogP contribution in [0.2, 0.25) is 0 Å². The van der Waals surface area contributed by atoms with Gasteiger partial charge in [0.15, 0.2) is 6.04 Å². The van der Waals surface area contributed by atoms with E-state index in [1.807, 2.05) is 0 Å². The molecule has 0 saturated heterocycles. The summed E-state index contributed by atoms with van der Waals surface area (Å²) in [5, 5.41) is 23.4. The van der Waals surface area contributed by atoms with E-state index in [1.54, 1.807) is 13.8 Å². The van der Waals surface area contributed by atoms with Gasteiger partial charge in [0.1, 0.15) is 11.3 Å². The fourth-order valence-corrected chi connectivity index (χ4v) is 1.37.